The Morgan fingerprint density at radius 2 is 2.31 bits per heavy atom. The Hall–Kier alpha value is -0.0500. The highest BCUT2D eigenvalue weighted by Crippen LogP contribution is 2.50. The summed E-state index contributed by atoms with van der Waals surface area (Å²) in [6.07, 6.45) is 11.6. The number of ether oxygens (including phenoxy) is 1. The number of hydrogen-bond acceptors (Lipinski definition) is 2. The monoisotopic (exact) mass is 244 g/mol. The Balaban J connectivity index is 1.73. The molecule has 0 aromatic carbocycles. The van der Waals surface area contributed by atoms with Crippen LogP contribution in [-0.4, -0.2) is 28.8 Å². The van der Waals surface area contributed by atoms with Crippen LogP contribution in [0.25, 0.3) is 0 Å². The number of halogens is 1. The molecule has 0 aromatic heterocycles. The highest BCUT2D eigenvalue weighted by Gasteiger charge is 2.60. The van der Waals surface area contributed by atoms with Gasteiger partial charge in [-0.15, -0.1) is 11.6 Å². The molecule has 0 aromatic rings. The second-order valence-electron chi connectivity index (χ2n) is 4.86. The first-order valence-corrected chi connectivity index (χ1v) is 6.91. The van der Waals surface area contributed by atoms with Crippen LogP contribution in [0.15, 0.2) is 12.2 Å². The van der Waals surface area contributed by atoms with E-state index in [9.17, 15) is 5.11 Å². The molecule has 1 saturated heterocycles. The summed E-state index contributed by atoms with van der Waals surface area (Å²) in [6, 6.07) is 0. The Morgan fingerprint density at radius 3 is 3.06 bits per heavy atom. The zero-order chi connectivity index (χ0) is 11.4. The van der Waals surface area contributed by atoms with E-state index in [1.807, 2.05) is 6.08 Å². The average molecular weight is 245 g/mol. The van der Waals surface area contributed by atoms with Crippen molar-refractivity contribution < 1.29 is 9.84 Å². The van der Waals surface area contributed by atoms with Crippen molar-refractivity contribution in [1.29, 1.82) is 0 Å². The first-order valence-electron chi connectivity index (χ1n) is 6.38. The molecule has 2 rings (SSSR count). The molecule has 0 radical (unpaired) electrons. The van der Waals surface area contributed by atoms with E-state index in [-0.39, 0.29) is 5.60 Å². The quantitative estimate of drug-likeness (QED) is 0.337. The Kier molecular flexibility index (Phi) is 4.28. The average Bonchev–Trinajstić information content (AvgIpc) is 3.04. The molecule has 92 valence electrons. The van der Waals surface area contributed by atoms with E-state index in [4.69, 9.17) is 16.3 Å². The Bertz CT molecular complexity index is 254. The number of alkyl halides is 1. The number of allylic oxidation sites excluding steroid dienone is 1. The van der Waals surface area contributed by atoms with Gasteiger partial charge in [0.05, 0.1) is 6.10 Å². The van der Waals surface area contributed by atoms with Gasteiger partial charge < -0.3 is 9.84 Å². The topological polar surface area (TPSA) is 32.8 Å². The fraction of sp³-hybridized carbons (Fsp3) is 0.846. The molecule has 16 heavy (non-hydrogen) atoms. The standard InChI is InChI=1S/C13H21ClO2/c14-10-6-2-1-3-7-11(15)13-9-5-4-8-12(13)16-13/h3,7,11-12,15H,1-2,4-6,8-10H2/t11-,12?,13-/m0/s1. The summed E-state index contributed by atoms with van der Waals surface area (Å²) < 4.78 is 5.68. The van der Waals surface area contributed by atoms with E-state index in [1.54, 1.807) is 0 Å². The minimum atomic E-state index is -0.409. The number of unbranched alkanes of at least 4 members (excludes halogenated alkanes) is 2. The van der Waals surface area contributed by atoms with Crippen LogP contribution >= 0.6 is 11.6 Å². The van der Waals surface area contributed by atoms with Crippen LogP contribution in [0.1, 0.15) is 44.9 Å². The fourth-order valence-electron chi connectivity index (χ4n) is 2.64. The minimum Gasteiger partial charge on any atom is -0.386 e. The van der Waals surface area contributed by atoms with Gasteiger partial charge in [-0.1, -0.05) is 25.0 Å². The van der Waals surface area contributed by atoms with Crippen LogP contribution in [0.3, 0.4) is 0 Å². The molecule has 2 aliphatic rings. The maximum Gasteiger partial charge on any atom is 0.124 e. The molecule has 3 heteroatoms. The number of aliphatic hydroxyl groups excluding tert-OH is 1. The van der Waals surface area contributed by atoms with Crippen molar-refractivity contribution in [3.05, 3.63) is 12.2 Å². The first kappa shape index (κ1) is 12.4. The largest absolute Gasteiger partial charge is 0.386 e. The molecule has 3 atom stereocenters. The molecule has 1 aliphatic carbocycles. The van der Waals surface area contributed by atoms with E-state index in [2.05, 4.69) is 6.08 Å². The third-order valence-corrected chi connectivity index (χ3v) is 3.97. The Morgan fingerprint density at radius 1 is 1.44 bits per heavy atom. The summed E-state index contributed by atoms with van der Waals surface area (Å²) in [5.74, 6) is 0.728. The maximum absolute atomic E-state index is 10.1. The summed E-state index contributed by atoms with van der Waals surface area (Å²) in [4.78, 5) is 0. The van der Waals surface area contributed by atoms with Gasteiger partial charge in [0.15, 0.2) is 0 Å². The molecule has 2 nitrogen and oxygen atoms in total. The van der Waals surface area contributed by atoms with Crippen molar-refractivity contribution in [3.63, 3.8) is 0 Å². The van der Waals surface area contributed by atoms with Crippen LogP contribution in [0.2, 0.25) is 0 Å². The van der Waals surface area contributed by atoms with Crippen molar-refractivity contribution in [2.75, 3.05) is 5.88 Å². The SMILES string of the molecule is O[C@@H](C=CCCCCCl)[C@@]12CCCCC1O2. The molecule has 1 heterocycles. The second-order valence-corrected chi connectivity index (χ2v) is 5.24. The van der Waals surface area contributed by atoms with Crippen LogP contribution in [0.5, 0.6) is 0 Å². The molecule has 1 unspecified atom stereocenters. The molecule has 1 saturated carbocycles. The van der Waals surface area contributed by atoms with Crippen molar-refractivity contribution in [1.82, 2.24) is 0 Å². The van der Waals surface area contributed by atoms with Gasteiger partial charge in [-0.25, -0.2) is 0 Å². The second kappa shape index (κ2) is 5.52. The predicted octanol–water partition coefficient (Wildman–Crippen LogP) is 3.02. The Labute approximate surface area is 103 Å². The van der Waals surface area contributed by atoms with E-state index >= 15 is 0 Å². The third-order valence-electron chi connectivity index (χ3n) is 3.71. The number of hydrogen-bond donors (Lipinski definition) is 1. The lowest BCUT2D eigenvalue weighted by Gasteiger charge is -2.20. The molecule has 1 N–H and O–H groups in total. The predicted molar refractivity (Wildman–Crippen MR) is 65.8 cm³/mol. The van der Waals surface area contributed by atoms with Gasteiger partial charge in [0.25, 0.3) is 0 Å². The van der Waals surface area contributed by atoms with E-state index < -0.39 is 6.10 Å². The summed E-state index contributed by atoms with van der Waals surface area (Å²) in [7, 11) is 0. The lowest BCUT2D eigenvalue weighted by Crippen LogP contribution is -2.32. The van der Waals surface area contributed by atoms with Crippen LogP contribution in [0.4, 0.5) is 0 Å². The molecule has 0 bridgehead atoms. The third kappa shape index (κ3) is 2.61. The van der Waals surface area contributed by atoms with Gasteiger partial charge in [0.2, 0.25) is 0 Å². The number of epoxide rings is 1. The lowest BCUT2D eigenvalue weighted by molar-refractivity contribution is 0.104. The zero-order valence-electron chi connectivity index (χ0n) is 9.70. The fourth-order valence-corrected chi connectivity index (χ4v) is 2.83. The molecule has 1 aliphatic heterocycles. The number of aliphatic hydroxyl groups is 1. The van der Waals surface area contributed by atoms with Gasteiger partial charge in [-0.3, -0.25) is 0 Å². The highest BCUT2D eigenvalue weighted by atomic mass is 35.5. The molecule has 0 spiro atoms. The van der Waals surface area contributed by atoms with Crippen LogP contribution in [0, 0.1) is 0 Å². The normalized spacial score (nSPS) is 35.0. The highest BCUT2D eigenvalue weighted by molar-refractivity contribution is 6.17. The van der Waals surface area contributed by atoms with Gasteiger partial charge in [-0.05, 0) is 32.1 Å². The van der Waals surface area contributed by atoms with E-state index in [1.165, 1.54) is 12.8 Å². The summed E-state index contributed by atoms with van der Waals surface area (Å²) in [6.45, 7) is 0. The van der Waals surface area contributed by atoms with Gasteiger partial charge in [0, 0.05) is 5.88 Å². The summed E-state index contributed by atoms with van der Waals surface area (Å²) >= 11 is 5.60. The minimum absolute atomic E-state index is 0.207. The van der Waals surface area contributed by atoms with Crippen LogP contribution in [-0.2, 0) is 4.74 Å². The van der Waals surface area contributed by atoms with Crippen molar-refractivity contribution in [2.45, 2.75) is 62.8 Å². The molecule has 2 fully saturated rings. The van der Waals surface area contributed by atoms with E-state index in [0.717, 1.165) is 38.0 Å². The molecular weight excluding hydrogens is 224 g/mol. The van der Waals surface area contributed by atoms with Crippen LogP contribution < -0.4 is 0 Å². The lowest BCUT2D eigenvalue weighted by atomic mass is 9.85. The first-order chi connectivity index (χ1) is 7.79. The number of fused-ring (bicyclic) bond motifs is 1. The maximum atomic E-state index is 10.1. The van der Waals surface area contributed by atoms with Crippen molar-refractivity contribution in [3.8, 4) is 0 Å². The van der Waals surface area contributed by atoms with Gasteiger partial charge in [-0.2, -0.15) is 0 Å². The zero-order valence-corrected chi connectivity index (χ0v) is 10.5. The number of rotatable bonds is 6. The molecule has 0 amide bonds. The molecular formula is C13H21ClO2. The summed E-state index contributed by atoms with van der Waals surface area (Å²) in [5.41, 5.74) is -0.207. The summed E-state index contributed by atoms with van der Waals surface area (Å²) in [5, 5.41) is 10.1. The van der Waals surface area contributed by atoms with Gasteiger partial charge >= 0.3 is 0 Å². The van der Waals surface area contributed by atoms with Crippen molar-refractivity contribution >= 4 is 11.6 Å². The van der Waals surface area contributed by atoms with Gasteiger partial charge in [0.1, 0.15) is 11.7 Å². The smallest absolute Gasteiger partial charge is 0.124 e. The van der Waals surface area contributed by atoms with E-state index in [0.29, 0.717) is 6.10 Å². The van der Waals surface area contributed by atoms with Crippen molar-refractivity contribution in [2.24, 2.45) is 0 Å².